The van der Waals surface area contributed by atoms with E-state index in [1.54, 1.807) is 7.11 Å². The zero-order valence-electron chi connectivity index (χ0n) is 11.4. The van der Waals surface area contributed by atoms with Crippen molar-refractivity contribution in [2.24, 2.45) is 5.73 Å². The van der Waals surface area contributed by atoms with Gasteiger partial charge in [-0.05, 0) is 42.8 Å². The SMILES string of the molecule is COc1ccc(OCc2ccccc2Br)c(CCN)c1. The molecule has 2 aromatic rings. The third kappa shape index (κ3) is 3.74. The molecular formula is C16H18BrNO2. The predicted octanol–water partition coefficient (Wildman–Crippen LogP) is 3.54. The fraction of sp³-hybridized carbons (Fsp3) is 0.250. The minimum absolute atomic E-state index is 0.519. The van der Waals surface area contributed by atoms with Gasteiger partial charge < -0.3 is 15.2 Å². The molecule has 0 aliphatic carbocycles. The van der Waals surface area contributed by atoms with Gasteiger partial charge in [0.1, 0.15) is 18.1 Å². The molecule has 0 saturated heterocycles. The highest BCUT2D eigenvalue weighted by molar-refractivity contribution is 9.10. The third-order valence-corrected chi connectivity index (χ3v) is 3.80. The molecule has 0 spiro atoms. The first-order valence-electron chi connectivity index (χ1n) is 6.47. The zero-order chi connectivity index (χ0) is 14.4. The summed E-state index contributed by atoms with van der Waals surface area (Å²) in [6, 6.07) is 13.8. The smallest absolute Gasteiger partial charge is 0.123 e. The number of ether oxygens (including phenoxy) is 2. The van der Waals surface area contributed by atoms with Gasteiger partial charge in [0.15, 0.2) is 0 Å². The summed E-state index contributed by atoms with van der Waals surface area (Å²) in [5.41, 5.74) is 7.83. The Hall–Kier alpha value is -1.52. The Morgan fingerprint density at radius 1 is 1.10 bits per heavy atom. The molecular weight excluding hydrogens is 318 g/mol. The van der Waals surface area contributed by atoms with Crippen LogP contribution in [-0.2, 0) is 13.0 Å². The summed E-state index contributed by atoms with van der Waals surface area (Å²) in [4.78, 5) is 0. The van der Waals surface area contributed by atoms with Crippen molar-refractivity contribution >= 4 is 15.9 Å². The Balaban J connectivity index is 2.14. The summed E-state index contributed by atoms with van der Waals surface area (Å²) in [6.45, 7) is 1.10. The summed E-state index contributed by atoms with van der Waals surface area (Å²) in [5.74, 6) is 1.67. The van der Waals surface area contributed by atoms with E-state index >= 15 is 0 Å². The van der Waals surface area contributed by atoms with Crippen LogP contribution in [0.15, 0.2) is 46.9 Å². The first kappa shape index (κ1) is 14.9. The van der Waals surface area contributed by atoms with Crippen molar-refractivity contribution in [3.05, 3.63) is 58.1 Å². The lowest BCUT2D eigenvalue weighted by atomic mass is 10.1. The van der Waals surface area contributed by atoms with Crippen LogP contribution >= 0.6 is 15.9 Å². The molecule has 0 unspecified atom stereocenters. The monoisotopic (exact) mass is 335 g/mol. The first-order chi connectivity index (χ1) is 9.74. The molecule has 0 aliphatic rings. The Kier molecular flexibility index (Phi) is 5.44. The molecule has 3 nitrogen and oxygen atoms in total. The lowest BCUT2D eigenvalue weighted by molar-refractivity contribution is 0.301. The van der Waals surface area contributed by atoms with E-state index in [0.29, 0.717) is 13.2 Å². The summed E-state index contributed by atoms with van der Waals surface area (Å²) in [5, 5.41) is 0. The van der Waals surface area contributed by atoms with Gasteiger partial charge in [-0.25, -0.2) is 0 Å². The van der Waals surface area contributed by atoms with Gasteiger partial charge >= 0.3 is 0 Å². The average molecular weight is 336 g/mol. The molecule has 0 saturated carbocycles. The highest BCUT2D eigenvalue weighted by Gasteiger charge is 2.07. The normalized spacial score (nSPS) is 10.3. The molecule has 0 atom stereocenters. The van der Waals surface area contributed by atoms with Crippen LogP contribution in [0.25, 0.3) is 0 Å². The van der Waals surface area contributed by atoms with Gasteiger partial charge in [0.25, 0.3) is 0 Å². The number of rotatable bonds is 6. The van der Waals surface area contributed by atoms with Crippen molar-refractivity contribution in [2.75, 3.05) is 13.7 Å². The van der Waals surface area contributed by atoms with Crippen molar-refractivity contribution in [2.45, 2.75) is 13.0 Å². The molecule has 106 valence electrons. The number of benzene rings is 2. The minimum Gasteiger partial charge on any atom is -0.497 e. The van der Waals surface area contributed by atoms with Crippen molar-refractivity contribution in [3.8, 4) is 11.5 Å². The zero-order valence-corrected chi connectivity index (χ0v) is 13.0. The summed E-state index contributed by atoms with van der Waals surface area (Å²) in [7, 11) is 1.66. The second kappa shape index (κ2) is 7.31. The Bertz CT molecular complexity index is 572. The Morgan fingerprint density at radius 3 is 2.60 bits per heavy atom. The molecule has 4 heteroatoms. The molecule has 0 amide bonds. The number of hydrogen-bond donors (Lipinski definition) is 1. The van der Waals surface area contributed by atoms with E-state index in [1.807, 2.05) is 42.5 Å². The molecule has 0 heterocycles. The van der Waals surface area contributed by atoms with E-state index in [-0.39, 0.29) is 0 Å². The fourth-order valence-electron chi connectivity index (χ4n) is 1.95. The van der Waals surface area contributed by atoms with E-state index in [0.717, 1.165) is 33.5 Å². The van der Waals surface area contributed by atoms with Crippen LogP contribution in [0, 0.1) is 0 Å². The van der Waals surface area contributed by atoms with Gasteiger partial charge in [0, 0.05) is 10.0 Å². The summed E-state index contributed by atoms with van der Waals surface area (Å²) in [6.07, 6.45) is 0.766. The number of halogens is 1. The molecule has 0 aliphatic heterocycles. The van der Waals surface area contributed by atoms with Crippen LogP contribution in [-0.4, -0.2) is 13.7 Å². The Labute approximate surface area is 127 Å². The summed E-state index contributed by atoms with van der Waals surface area (Å²) >= 11 is 3.52. The largest absolute Gasteiger partial charge is 0.497 e. The van der Waals surface area contributed by atoms with E-state index in [1.165, 1.54) is 0 Å². The van der Waals surface area contributed by atoms with E-state index in [2.05, 4.69) is 15.9 Å². The van der Waals surface area contributed by atoms with Crippen LogP contribution in [0.1, 0.15) is 11.1 Å². The van der Waals surface area contributed by atoms with E-state index < -0.39 is 0 Å². The number of nitrogens with two attached hydrogens (primary N) is 1. The minimum atomic E-state index is 0.519. The highest BCUT2D eigenvalue weighted by atomic mass is 79.9. The van der Waals surface area contributed by atoms with Gasteiger partial charge in [-0.1, -0.05) is 34.1 Å². The average Bonchev–Trinajstić information content (AvgIpc) is 2.47. The van der Waals surface area contributed by atoms with Gasteiger partial charge in [0.2, 0.25) is 0 Å². The first-order valence-corrected chi connectivity index (χ1v) is 7.27. The standard InChI is InChI=1S/C16H18BrNO2/c1-19-14-6-7-16(12(10-14)8-9-18)20-11-13-4-2-3-5-15(13)17/h2-7,10H,8-9,11,18H2,1H3. The molecule has 0 bridgehead atoms. The van der Waals surface area contributed by atoms with Crippen LogP contribution in [0.3, 0.4) is 0 Å². The van der Waals surface area contributed by atoms with Gasteiger partial charge in [-0.15, -0.1) is 0 Å². The van der Waals surface area contributed by atoms with Crippen LogP contribution in [0.4, 0.5) is 0 Å². The highest BCUT2D eigenvalue weighted by Crippen LogP contribution is 2.26. The Morgan fingerprint density at radius 2 is 1.90 bits per heavy atom. The maximum absolute atomic E-state index is 5.91. The molecule has 2 N–H and O–H groups in total. The maximum Gasteiger partial charge on any atom is 0.123 e. The van der Waals surface area contributed by atoms with Crippen LogP contribution < -0.4 is 15.2 Å². The van der Waals surface area contributed by atoms with Gasteiger partial charge in [-0.2, -0.15) is 0 Å². The van der Waals surface area contributed by atoms with Crippen LogP contribution in [0.2, 0.25) is 0 Å². The summed E-state index contributed by atoms with van der Waals surface area (Å²) < 4.78 is 12.2. The molecule has 2 rings (SSSR count). The lowest BCUT2D eigenvalue weighted by Crippen LogP contribution is -2.06. The van der Waals surface area contributed by atoms with Gasteiger partial charge in [0.05, 0.1) is 7.11 Å². The van der Waals surface area contributed by atoms with Crippen molar-refractivity contribution in [3.63, 3.8) is 0 Å². The predicted molar refractivity (Wildman–Crippen MR) is 84.2 cm³/mol. The third-order valence-electron chi connectivity index (χ3n) is 3.02. The van der Waals surface area contributed by atoms with Crippen molar-refractivity contribution in [1.82, 2.24) is 0 Å². The second-order valence-corrected chi connectivity index (χ2v) is 5.25. The lowest BCUT2D eigenvalue weighted by Gasteiger charge is -2.13. The molecule has 0 fully saturated rings. The molecule has 2 aromatic carbocycles. The van der Waals surface area contributed by atoms with E-state index in [9.17, 15) is 0 Å². The second-order valence-electron chi connectivity index (χ2n) is 4.39. The molecule has 0 radical (unpaired) electrons. The molecule has 0 aromatic heterocycles. The fourth-order valence-corrected chi connectivity index (χ4v) is 2.34. The molecule has 20 heavy (non-hydrogen) atoms. The quantitative estimate of drug-likeness (QED) is 0.878. The number of hydrogen-bond acceptors (Lipinski definition) is 3. The number of methoxy groups -OCH3 is 1. The van der Waals surface area contributed by atoms with Crippen LogP contribution in [0.5, 0.6) is 11.5 Å². The van der Waals surface area contributed by atoms with E-state index in [4.69, 9.17) is 15.2 Å². The van der Waals surface area contributed by atoms with Gasteiger partial charge in [-0.3, -0.25) is 0 Å². The van der Waals surface area contributed by atoms with Crippen molar-refractivity contribution in [1.29, 1.82) is 0 Å². The maximum atomic E-state index is 5.91. The van der Waals surface area contributed by atoms with Crippen molar-refractivity contribution < 1.29 is 9.47 Å². The topological polar surface area (TPSA) is 44.5 Å².